The zero-order valence-electron chi connectivity index (χ0n) is 14.9. The topological polar surface area (TPSA) is 108 Å². The fraction of sp³-hybridized carbons (Fsp3) is 0.421. The van der Waals surface area contributed by atoms with Gasteiger partial charge in [-0.2, -0.15) is 5.10 Å². The molecule has 1 saturated heterocycles. The Hall–Kier alpha value is -2.55. The van der Waals surface area contributed by atoms with Crippen molar-refractivity contribution in [2.75, 3.05) is 0 Å². The SMILES string of the molecule is O=C(NN=CC1C(=O)NC(=O)N(C2CC3CCC2C3)C1=O)c1ccc(Br)cc1. The lowest BCUT2D eigenvalue weighted by Crippen LogP contribution is -2.62. The smallest absolute Gasteiger partial charge is 0.277 e. The van der Waals surface area contributed by atoms with Crippen LogP contribution in [-0.4, -0.2) is 40.9 Å². The van der Waals surface area contributed by atoms with E-state index in [1.165, 1.54) is 4.90 Å². The molecule has 146 valence electrons. The van der Waals surface area contributed by atoms with Crippen LogP contribution in [0.15, 0.2) is 33.8 Å². The minimum Gasteiger partial charge on any atom is -0.277 e. The number of amides is 5. The summed E-state index contributed by atoms with van der Waals surface area (Å²) in [7, 11) is 0. The Morgan fingerprint density at radius 2 is 1.93 bits per heavy atom. The molecule has 2 aliphatic carbocycles. The monoisotopic (exact) mass is 446 g/mol. The lowest BCUT2D eigenvalue weighted by atomic mass is 9.92. The third-order valence-electron chi connectivity index (χ3n) is 5.76. The number of benzene rings is 1. The van der Waals surface area contributed by atoms with Crippen LogP contribution in [0.25, 0.3) is 0 Å². The number of hydrogen-bond donors (Lipinski definition) is 2. The molecule has 28 heavy (non-hydrogen) atoms. The van der Waals surface area contributed by atoms with Crippen molar-refractivity contribution in [2.45, 2.75) is 31.7 Å². The Balaban J connectivity index is 1.44. The number of hydrazone groups is 1. The van der Waals surface area contributed by atoms with Crippen LogP contribution in [0.3, 0.4) is 0 Å². The number of carbonyl (C=O) groups excluding carboxylic acids is 4. The number of halogens is 1. The second kappa shape index (κ2) is 7.46. The molecular formula is C19H19BrN4O4. The van der Waals surface area contributed by atoms with Gasteiger partial charge < -0.3 is 0 Å². The molecular weight excluding hydrogens is 428 g/mol. The predicted molar refractivity (Wildman–Crippen MR) is 103 cm³/mol. The number of fused-ring (bicyclic) bond motifs is 2. The van der Waals surface area contributed by atoms with Gasteiger partial charge in [-0.05, 0) is 55.4 Å². The van der Waals surface area contributed by atoms with Crippen LogP contribution in [0.4, 0.5) is 4.79 Å². The highest BCUT2D eigenvalue weighted by molar-refractivity contribution is 9.10. The molecule has 2 bridgehead atoms. The largest absolute Gasteiger partial charge is 0.331 e. The van der Waals surface area contributed by atoms with Gasteiger partial charge in [0.2, 0.25) is 11.8 Å². The first-order valence-corrected chi connectivity index (χ1v) is 10.0. The predicted octanol–water partition coefficient (Wildman–Crippen LogP) is 2.05. The quantitative estimate of drug-likeness (QED) is 0.419. The molecule has 1 aliphatic heterocycles. The van der Waals surface area contributed by atoms with Gasteiger partial charge >= 0.3 is 6.03 Å². The van der Waals surface area contributed by atoms with Gasteiger partial charge in [0.05, 0.1) is 0 Å². The summed E-state index contributed by atoms with van der Waals surface area (Å²) in [4.78, 5) is 50.5. The minimum absolute atomic E-state index is 0.160. The zero-order valence-corrected chi connectivity index (χ0v) is 16.5. The molecule has 3 fully saturated rings. The van der Waals surface area contributed by atoms with Gasteiger partial charge in [-0.25, -0.2) is 10.2 Å². The number of barbiturate groups is 1. The fourth-order valence-corrected chi connectivity index (χ4v) is 4.68. The Morgan fingerprint density at radius 1 is 1.18 bits per heavy atom. The van der Waals surface area contributed by atoms with E-state index in [1.54, 1.807) is 24.3 Å². The van der Waals surface area contributed by atoms with Crippen molar-refractivity contribution in [2.24, 2.45) is 22.9 Å². The first-order valence-electron chi connectivity index (χ1n) is 9.21. The van der Waals surface area contributed by atoms with Crippen LogP contribution in [0.2, 0.25) is 0 Å². The van der Waals surface area contributed by atoms with E-state index in [-0.39, 0.29) is 6.04 Å². The number of urea groups is 1. The number of carbonyl (C=O) groups is 4. The summed E-state index contributed by atoms with van der Waals surface area (Å²) in [6.45, 7) is 0. The van der Waals surface area contributed by atoms with Crippen molar-refractivity contribution in [3.8, 4) is 0 Å². The molecule has 1 aromatic rings. The molecule has 4 unspecified atom stereocenters. The van der Waals surface area contributed by atoms with Gasteiger partial charge in [0.15, 0.2) is 5.92 Å². The van der Waals surface area contributed by atoms with Gasteiger partial charge in [-0.1, -0.05) is 22.4 Å². The third kappa shape index (κ3) is 3.46. The normalized spacial score (nSPS) is 29.5. The van der Waals surface area contributed by atoms with Crippen molar-refractivity contribution in [3.05, 3.63) is 34.3 Å². The van der Waals surface area contributed by atoms with Gasteiger partial charge in [-0.3, -0.25) is 24.6 Å². The van der Waals surface area contributed by atoms with Gasteiger partial charge in [0, 0.05) is 22.3 Å². The van der Waals surface area contributed by atoms with E-state index in [0.717, 1.165) is 36.4 Å². The first kappa shape index (κ1) is 18.8. The summed E-state index contributed by atoms with van der Waals surface area (Å²) in [5, 5.41) is 6.01. The molecule has 5 amide bonds. The lowest BCUT2D eigenvalue weighted by Gasteiger charge is -2.36. The Morgan fingerprint density at radius 3 is 2.57 bits per heavy atom. The highest BCUT2D eigenvalue weighted by Gasteiger charge is 2.50. The van der Waals surface area contributed by atoms with E-state index in [2.05, 4.69) is 31.8 Å². The molecule has 9 heteroatoms. The number of rotatable bonds is 4. The standard InChI is InChI=1S/C19H19BrN4O4/c20-13-5-3-11(4-6-13)16(25)23-21-9-14-17(26)22-19(28)24(18(14)27)15-8-10-1-2-12(15)7-10/h3-6,9-10,12,14-15H,1-2,7-8H2,(H,23,25)(H,22,26,28). The van der Waals surface area contributed by atoms with E-state index in [9.17, 15) is 19.2 Å². The molecule has 2 saturated carbocycles. The first-order chi connectivity index (χ1) is 13.4. The van der Waals surface area contributed by atoms with E-state index < -0.39 is 29.7 Å². The minimum atomic E-state index is -1.23. The summed E-state index contributed by atoms with van der Waals surface area (Å²) < 4.78 is 0.836. The lowest BCUT2D eigenvalue weighted by molar-refractivity contribution is -0.141. The van der Waals surface area contributed by atoms with Crippen molar-refractivity contribution in [3.63, 3.8) is 0 Å². The molecule has 4 rings (SSSR count). The molecule has 1 heterocycles. The van der Waals surface area contributed by atoms with E-state index in [4.69, 9.17) is 0 Å². The average Bonchev–Trinajstić information content (AvgIpc) is 3.28. The molecule has 4 atom stereocenters. The summed E-state index contributed by atoms with van der Waals surface area (Å²) in [5.74, 6) is -2.15. The van der Waals surface area contributed by atoms with Crippen molar-refractivity contribution in [1.82, 2.24) is 15.6 Å². The van der Waals surface area contributed by atoms with Crippen molar-refractivity contribution < 1.29 is 19.2 Å². The molecule has 0 aromatic heterocycles. The molecule has 8 nitrogen and oxygen atoms in total. The fourth-order valence-electron chi connectivity index (χ4n) is 4.41. The number of nitrogens with one attached hydrogen (secondary N) is 2. The summed E-state index contributed by atoms with van der Waals surface area (Å²) in [6, 6.07) is 5.85. The number of nitrogens with zero attached hydrogens (tertiary/aromatic N) is 2. The number of hydrogen-bond acceptors (Lipinski definition) is 5. The van der Waals surface area contributed by atoms with Crippen LogP contribution >= 0.6 is 15.9 Å². The maximum Gasteiger partial charge on any atom is 0.331 e. The molecule has 0 spiro atoms. The van der Waals surface area contributed by atoms with E-state index in [1.807, 2.05) is 0 Å². The second-order valence-corrected chi connectivity index (χ2v) is 8.36. The molecule has 3 aliphatic rings. The van der Waals surface area contributed by atoms with Gasteiger partial charge in [0.1, 0.15) is 0 Å². The van der Waals surface area contributed by atoms with Crippen LogP contribution in [0.1, 0.15) is 36.0 Å². The second-order valence-electron chi connectivity index (χ2n) is 7.45. The zero-order chi connectivity index (χ0) is 19.8. The number of imide groups is 2. The maximum absolute atomic E-state index is 12.8. The Bertz CT molecular complexity index is 869. The van der Waals surface area contributed by atoms with Crippen LogP contribution in [0, 0.1) is 17.8 Å². The third-order valence-corrected chi connectivity index (χ3v) is 6.29. The highest BCUT2D eigenvalue weighted by atomic mass is 79.9. The van der Waals surface area contributed by atoms with Crippen LogP contribution in [0.5, 0.6) is 0 Å². The Kier molecular flexibility index (Phi) is 5.01. The maximum atomic E-state index is 12.8. The van der Waals surface area contributed by atoms with Gasteiger partial charge in [0.25, 0.3) is 5.91 Å². The highest BCUT2D eigenvalue weighted by Crippen LogP contribution is 2.47. The van der Waals surface area contributed by atoms with Gasteiger partial charge in [-0.15, -0.1) is 0 Å². The van der Waals surface area contributed by atoms with Crippen molar-refractivity contribution >= 4 is 45.9 Å². The Labute approximate surface area is 169 Å². The van der Waals surface area contributed by atoms with E-state index in [0.29, 0.717) is 17.4 Å². The summed E-state index contributed by atoms with van der Waals surface area (Å²) in [5.41, 5.74) is 2.70. The summed E-state index contributed by atoms with van der Waals surface area (Å²) in [6.07, 6.45) is 5.04. The van der Waals surface area contributed by atoms with Crippen molar-refractivity contribution in [1.29, 1.82) is 0 Å². The molecule has 0 radical (unpaired) electrons. The molecule has 2 N–H and O–H groups in total. The molecule has 1 aromatic carbocycles. The average molecular weight is 447 g/mol. The summed E-state index contributed by atoms with van der Waals surface area (Å²) >= 11 is 3.29. The van der Waals surface area contributed by atoms with E-state index >= 15 is 0 Å². The van der Waals surface area contributed by atoms with Crippen LogP contribution in [-0.2, 0) is 9.59 Å². The van der Waals surface area contributed by atoms with Crippen LogP contribution < -0.4 is 10.7 Å².